The molecule has 2 aromatic carbocycles. The standard InChI is InChI=1S/C26H30N4O2/c1-30-23-11-8-19(13-20(23)14-24(30)31)17-4-2-16(3-5-17)12-22(15-27)29-26(32)25-18-6-9-21(28-25)10-7-18/h2-5,8,11,13,18,21-22,24-25,28,31H,6-7,9-10,12,14H2,1H3,(H,29,32). The fourth-order valence-electron chi connectivity index (χ4n) is 5.53. The molecule has 0 aromatic heterocycles. The summed E-state index contributed by atoms with van der Waals surface area (Å²) in [6.07, 6.45) is 5.19. The minimum atomic E-state index is -0.535. The van der Waals surface area contributed by atoms with Crippen molar-refractivity contribution in [2.75, 3.05) is 11.9 Å². The topological polar surface area (TPSA) is 88.4 Å². The van der Waals surface area contributed by atoms with E-state index < -0.39 is 12.3 Å². The Morgan fingerprint density at radius 2 is 1.91 bits per heavy atom. The number of nitrogens with one attached hydrogen (secondary N) is 2. The number of aliphatic hydroxyl groups excluding tert-OH is 1. The van der Waals surface area contributed by atoms with Crippen molar-refractivity contribution in [1.29, 1.82) is 5.26 Å². The molecular weight excluding hydrogens is 400 g/mol. The van der Waals surface area contributed by atoms with Gasteiger partial charge in [0.05, 0.1) is 12.1 Å². The molecule has 6 rings (SSSR count). The Hall–Kier alpha value is -2.88. The number of carbonyl (C=O) groups excluding carboxylic acids is 1. The highest BCUT2D eigenvalue weighted by molar-refractivity contribution is 5.83. The van der Waals surface area contributed by atoms with Gasteiger partial charge in [0.15, 0.2) is 0 Å². The van der Waals surface area contributed by atoms with Crippen molar-refractivity contribution in [3.8, 4) is 17.2 Å². The molecule has 3 heterocycles. The van der Waals surface area contributed by atoms with E-state index in [2.05, 4.69) is 47.0 Å². The molecule has 6 nitrogen and oxygen atoms in total. The zero-order valence-corrected chi connectivity index (χ0v) is 18.4. The second-order valence-electron chi connectivity index (χ2n) is 9.49. The lowest BCUT2D eigenvalue weighted by Gasteiger charge is -2.42. The van der Waals surface area contributed by atoms with Gasteiger partial charge in [0.2, 0.25) is 5.91 Å². The molecule has 1 amide bonds. The SMILES string of the molecule is CN1c2ccc(-c3ccc(CC(C#N)NC(=O)C4NC5CCC4CC5)cc3)cc2CC1O. The van der Waals surface area contributed by atoms with Crippen LogP contribution in [0.2, 0.25) is 0 Å². The van der Waals surface area contributed by atoms with Gasteiger partial charge in [-0.1, -0.05) is 30.3 Å². The maximum Gasteiger partial charge on any atom is 0.238 e. The van der Waals surface area contributed by atoms with E-state index in [0.29, 0.717) is 24.8 Å². The molecule has 2 bridgehead atoms. The summed E-state index contributed by atoms with van der Waals surface area (Å²) in [4.78, 5) is 14.7. The molecule has 0 radical (unpaired) electrons. The summed E-state index contributed by atoms with van der Waals surface area (Å²) in [5.41, 5.74) is 5.46. The Labute approximate surface area is 189 Å². The molecule has 1 saturated carbocycles. The smallest absolute Gasteiger partial charge is 0.238 e. The van der Waals surface area contributed by atoms with Crippen molar-refractivity contribution >= 4 is 11.6 Å². The number of amides is 1. The van der Waals surface area contributed by atoms with Gasteiger partial charge in [-0.25, -0.2) is 0 Å². The summed E-state index contributed by atoms with van der Waals surface area (Å²) >= 11 is 0. The monoisotopic (exact) mass is 430 g/mol. The Morgan fingerprint density at radius 1 is 1.19 bits per heavy atom. The van der Waals surface area contributed by atoms with Gasteiger partial charge in [-0.15, -0.1) is 0 Å². The Kier molecular flexibility index (Phi) is 5.62. The third-order valence-electron chi connectivity index (χ3n) is 7.45. The number of fused-ring (bicyclic) bond motifs is 4. The number of aliphatic hydroxyl groups is 1. The fraction of sp³-hybridized carbons (Fsp3) is 0.462. The average molecular weight is 431 g/mol. The number of rotatable bonds is 5. The number of nitrogens with zero attached hydrogens (tertiary/aromatic N) is 2. The van der Waals surface area contributed by atoms with Crippen molar-refractivity contribution in [1.82, 2.24) is 10.6 Å². The lowest BCUT2D eigenvalue weighted by atomic mass is 9.76. The highest BCUT2D eigenvalue weighted by Crippen LogP contribution is 2.34. The van der Waals surface area contributed by atoms with Crippen molar-refractivity contribution in [2.24, 2.45) is 5.92 Å². The van der Waals surface area contributed by atoms with Crippen LogP contribution >= 0.6 is 0 Å². The zero-order chi connectivity index (χ0) is 22.2. The van der Waals surface area contributed by atoms with Gasteiger partial charge < -0.3 is 20.6 Å². The van der Waals surface area contributed by atoms with Gasteiger partial charge >= 0.3 is 0 Å². The molecule has 4 aliphatic rings. The number of nitriles is 1. The van der Waals surface area contributed by atoms with E-state index in [4.69, 9.17) is 0 Å². The summed E-state index contributed by atoms with van der Waals surface area (Å²) < 4.78 is 0. The van der Waals surface area contributed by atoms with Crippen LogP contribution in [-0.2, 0) is 17.6 Å². The molecule has 2 aromatic rings. The van der Waals surface area contributed by atoms with E-state index in [1.54, 1.807) is 0 Å². The number of anilines is 1. The normalized spacial score (nSPS) is 27.0. The summed E-state index contributed by atoms with van der Waals surface area (Å²) in [6.45, 7) is 0. The molecule has 1 aliphatic carbocycles. The third kappa shape index (κ3) is 3.99. The van der Waals surface area contributed by atoms with Crippen LogP contribution in [0.25, 0.3) is 11.1 Å². The molecule has 3 fully saturated rings. The average Bonchev–Trinajstić information content (AvgIpc) is 3.12. The highest BCUT2D eigenvalue weighted by Gasteiger charge is 2.39. The first kappa shape index (κ1) is 21.0. The van der Waals surface area contributed by atoms with Crippen LogP contribution in [-0.4, -0.2) is 42.4 Å². The van der Waals surface area contributed by atoms with E-state index in [0.717, 1.165) is 53.6 Å². The summed E-state index contributed by atoms with van der Waals surface area (Å²) in [7, 11) is 1.91. The third-order valence-corrected chi connectivity index (χ3v) is 7.45. The van der Waals surface area contributed by atoms with Crippen LogP contribution in [0, 0.1) is 17.2 Å². The lowest BCUT2D eigenvalue weighted by molar-refractivity contribution is -0.127. The number of piperidine rings is 2. The number of hydrogen-bond acceptors (Lipinski definition) is 5. The van der Waals surface area contributed by atoms with Crippen LogP contribution in [0.1, 0.15) is 36.8 Å². The van der Waals surface area contributed by atoms with Crippen molar-refractivity contribution < 1.29 is 9.90 Å². The molecule has 2 saturated heterocycles. The van der Waals surface area contributed by atoms with Gasteiger partial charge in [-0.05, 0) is 66.0 Å². The predicted molar refractivity (Wildman–Crippen MR) is 124 cm³/mol. The molecule has 3 unspecified atom stereocenters. The summed E-state index contributed by atoms with van der Waals surface area (Å²) in [5.74, 6) is 0.361. The molecule has 0 spiro atoms. The molecule has 32 heavy (non-hydrogen) atoms. The largest absolute Gasteiger partial charge is 0.373 e. The maximum absolute atomic E-state index is 12.8. The van der Waals surface area contributed by atoms with Gasteiger partial charge in [0.25, 0.3) is 0 Å². The lowest BCUT2D eigenvalue weighted by Crippen LogP contribution is -2.59. The quantitative estimate of drug-likeness (QED) is 0.679. The Bertz CT molecular complexity index is 1040. The van der Waals surface area contributed by atoms with E-state index in [1.165, 1.54) is 0 Å². The molecular formula is C26H30N4O2. The maximum atomic E-state index is 12.8. The van der Waals surface area contributed by atoms with E-state index in [-0.39, 0.29) is 11.9 Å². The number of hydrogen-bond donors (Lipinski definition) is 3. The fourth-order valence-corrected chi connectivity index (χ4v) is 5.53. The first-order valence-corrected chi connectivity index (χ1v) is 11.6. The predicted octanol–water partition coefficient (Wildman–Crippen LogP) is 2.75. The van der Waals surface area contributed by atoms with Gasteiger partial charge in [0, 0.05) is 31.6 Å². The molecule has 166 valence electrons. The van der Waals surface area contributed by atoms with Crippen molar-refractivity contribution in [3.63, 3.8) is 0 Å². The second-order valence-corrected chi connectivity index (χ2v) is 9.49. The van der Waals surface area contributed by atoms with Crippen molar-refractivity contribution in [2.45, 2.75) is 62.9 Å². The van der Waals surface area contributed by atoms with Crippen LogP contribution in [0.3, 0.4) is 0 Å². The van der Waals surface area contributed by atoms with E-state index in [1.807, 2.05) is 24.1 Å². The number of likely N-dealkylation sites (N-methyl/N-ethyl adjacent to an activating group) is 1. The van der Waals surface area contributed by atoms with Crippen LogP contribution in [0.4, 0.5) is 5.69 Å². The van der Waals surface area contributed by atoms with Crippen molar-refractivity contribution in [3.05, 3.63) is 53.6 Å². The second kappa shape index (κ2) is 8.57. The highest BCUT2D eigenvalue weighted by atomic mass is 16.3. The minimum absolute atomic E-state index is 0.0344. The van der Waals surface area contributed by atoms with Crippen LogP contribution in [0.15, 0.2) is 42.5 Å². The van der Waals surface area contributed by atoms with Gasteiger partial charge in [-0.3, -0.25) is 4.79 Å². The Balaban J connectivity index is 1.23. The number of carbonyl (C=O) groups is 1. The number of benzene rings is 2. The van der Waals surface area contributed by atoms with Crippen LogP contribution in [0.5, 0.6) is 0 Å². The minimum Gasteiger partial charge on any atom is -0.373 e. The summed E-state index contributed by atoms with van der Waals surface area (Å²) in [6, 6.07) is 16.5. The molecule has 3 atom stereocenters. The molecule has 3 aliphatic heterocycles. The first-order chi connectivity index (χ1) is 15.5. The molecule has 3 N–H and O–H groups in total. The van der Waals surface area contributed by atoms with Crippen LogP contribution < -0.4 is 15.5 Å². The molecule has 6 heteroatoms. The van der Waals surface area contributed by atoms with Gasteiger partial charge in [-0.2, -0.15) is 5.26 Å². The van der Waals surface area contributed by atoms with E-state index in [9.17, 15) is 15.2 Å². The van der Waals surface area contributed by atoms with Gasteiger partial charge in [0.1, 0.15) is 12.3 Å². The Morgan fingerprint density at radius 3 is 2.56 bits per heavy atom. The first-order valence-electron chi connectivity index (χ1n) is 11.6. The summed E-state index contributed by atoms with van der Waals surface area (Å²) in [5, 5.41) is 26.1. The van der Waals surface area contributed by atoms with E-state index >= 15 is 0 Å². The zero-order valence-electron chi connectivity index (χ0n) is 18.4.